The van der Waals surface area contributed by atoms with Gasteiger partial charge in [-0.3, -0.25) is 9.59 Å². The first-order valence-electron chi connectivity index (χ1n) is 9.90. The zero-order valence-electron chi connectivity index (χ0n) is 16.6. The summed E-state index contributed by atoms with van der Waals surface area (Å²) in [6, 6.07) is 14.6. The Morgan fingerprint density at radius 3 is 2.34 bits per heavy atom. The van der Waals surface area contributed by atoms with Gasteiger partial charge < -0.3 is 15.3 Å². The number of benzene rings is 2. The van der Waals surface area contributed by atoms with Crippen molar-refractivity contribution < 1.29 is 19.5 Å². The maximum absolute atomic E-state index is 12.5. The molecule has 1 aliphatic heterocycles. The number of aromatic carboxylic acids is 1. The Bertz CT molecular complexity index is 887. The summed E-state index contributed by atoms with van der Waals surface area (Å²) in [6.07, 6.45) is 2.61. The van der Waals surface area contributed by atoms with Crippen molar-refractivity contribution in [1.29, 1.82) is 0 Å². The molecule has 1 heterocycles. The fourth-order valence-electron chi connectivity index (χ4n) is 3.63. The number of aryl methyl sites for hydroxylation is 2. The van der Waals surface area contributed by atoms with Crippen molar-refractivity contribution in [1.82, 2.24) is 10.2 Å². The maximum atomic E-state index is 12.5. The lowest BCUT2D eigenvalue weighted by Gasteiger charge is -2.32. The van der Waals surface area contributed by atoms with Gasteiger partial charge >= 0.3 is 5.97 Å². The number of carbonyl (C=O) groups excluding carboxylic acids is 2. The molecule has 0 radical (unpaired) electrons. The quantitative estimate of drug-likeness (QED) is 0.788. The molecule has 3 rings (SSSR count). The smallest absolute Gasteiger partial charge is 0.335 e. The molecule has 2 N–H and O–H groups in total. The molecular formula is C23H26N2O4. The van der Waals surface area contributed by atoms with Crippen LogP contribution in [0.1, 0.15) is 51.1 Å². The van der Waals surface area contributed by atoms with Crippen LogP contribution >= 0.6 is 0 Å². The van der Waals surface area contributed by atoms with Crippen LogP contribution in [-0.4, -0.2) is 46.9 Å². The average Bonchev–Trinajstić information content (AvgIpc) is 2.72. The molecule has 1 saturated heterocycles. The zero-order chi connectivity index (χ0) is 20.8. The summed E-state index contributed by atoms with van der Waals surface area (Å²) in [5, 5.41) is 12.1. The van der Waals surface area contributed by atoms with E-state index in [9.17, 15) is 14.4 Å². The normalized spacial score (nSPS) is 14.4. The molecule has 29 heavy (non-hydrogen) atoms. The van der Waals surface area contributed by atoms with Crippen LogP contribution in [0.3, 0.4) is 0 Å². The lowest BCUT2D eigenvalue weighted by molar-refractivity contribution is -0.132. The molecule has 0 bridgehead atoms. The largest absolute Gasteiger partial charge is 0.478 e. The van der Waals surface area contributed by atoms with Gasteiger partial charge in [-0.05, 0) is 55.5 Å². The first-order chi connectivity index (χ1) is 13.9. The highest BCUT2D eigenvalue weighted by Crippen LogP contribution is 2.15. The van der Waals surface area contributed by atoms with E-state index >= 15 is 0 Å². The number of carbonyl (C=O) groups is 3. The molecule has 1 fully saturated rings. The van der Waals surface area contributed by atoms with E-state index in [4.69, 9.17) is 5.11 Å². The highest BCUT2D eigenvalue weighted by atomic mass is 16.4. The number of hydrogen-bond donors (Lipinski definition) is 2. The molecule has 0 saturated carbocycles. The third kappa shape index (κ3) is 5.67. The Hall–Kier alpha value is -3.15. The molecule has 2 aromatic rings. The van der Waals surface area contributed by atoms with Gasteiger partial charge in [0.1, 0.15) is 0 Å². The molecule has 0 unspecified atom stereocenters. The van der Waals surface area contributed by atoms with E-state index in [2.05, 4.69) is 5.32 Å². The number of amides is 2. The van der Waals surface area contributed by atoms with Gasteiger partial charge in [-0.25, -0.2) is 4.79 Å². The number of nitrogens with one attached hydrogen (secondary N) is 1. The summed E-state index contributed by atoms with van der Waals surface area (Å²) in [7, 11) is 0. The van der Waals surface area contributed by atoms with E-state index in [1.807, 2.05) is 35.2 Å². The number of nitrogens with zero attached hydrogens (tertiary/aromatic N) is 1. The lowest BCUT2D eigenvalue weighted by Crippen LogP contribution is -2.46. The van der Waals surface area contributed by atoms with Gasteiger partial charge in [0.2, 0.25) is 5.91 Å². The van der Waals surface area contributed by atoms with Crippen LogP contribution in [0.15, 0.2) is 48.5 Å². The molecule has 0 atom stereocenters. The molecule has 0 spiro atoms. The summed E-state index contributed by atoms with van der Waals surface area (Å²) in [6.45, 7) is 3.00. The summed E-state index contributed by atoms with van der Waals surface area (Å²) in [5.41, 5.74) is 2.34. The van der Waals surface area contributed by atoms with Crippen LogP contribution in [-0.2, 0) is 11.2 Å². The van der Waals surface area contributed by atoms with E-state index in [0.717, 1.165) is 17.5 Å². The third-order valence-corrected chi connectivity index (χ3v) is 5.24. The van der Waals surface area contributed by atoms with Crippen molar-refractivity contribution in [3.63, 3.8) is 0 Å². The predicted octanol–water partition coefficient (Wildman–Crippen LogP) is 3.05. The van der Waals surface area contributed by atoms with Crippen molar-refractivity contribution in [2.24, 2.45) is 0 Å². The van der Waals surface area contributed by atoms with E-state index in [-0.39, 0.29) is 23.4 Å². The van der Waals surface area contributed by atoms with Crippen LogP contribution in [0.2, 0.25) is 0 Å². The summed E-state index contributed by atoms with van der Waals surface area (Å²) < 4.78 is 0. The molecule has 0 aromatic heterocycles. The lowest BCUT2D eigenvalue weighted by atomic mass is 10.0. The second-order valence-corrected chi connectivity index (χ2v) is 7.51. The van der Waals surface area contributed by atoms with Crippen molar-refractivity contribution >= 4 is 17.8 Å². The van der Waals surface area contributed by atoms with Crippen LogP contribution < -0.4 is 5.32 Å². The minimum atomic E-state index is -1.05. The van der Waals surface area contributed by atoms with Gasteiger partial charge in [0.15, 0.2) is 0 Å². The van der Waals surface area contributed by atoms with Gasteiger partial charge in [-0.1, -0.05) is 30.3 Å². The molecule has 2 aromatic carbocycles. The fraction of sp³-hybridized carbons (Fsp3) is 0.348. The number of piperidine rings is 1. The average molecular weight is 394 g/mol. The van der Waals surface area contributed by atoms with Crippen molar-refractivity contribution in [3.05, 3.63) is 70.8 Å². The Kier molecular flexibility index (Phi) is 6.65. The van der Waals surface area contributed by atoms with Gasteiger partial charge in [0.25, 0.3) is 5.91 Å². The van der Waals surface area contributed by atoms with Gasteiger partial charge in [-0.2, -0.15) is 0 Å². The highest BCUT2D eigenvalue weighted by Gasteiger charge is 2.24. The van der Waals surface area contributed by atoms with Crippen LogP contribution in [0.4, 0.5) is 0 Å². The Morgan fingerprint density at radius 2 is 1.69 bits per heavy atom. The fourth-order valence-corrected chi connectivity index (χ4v) is 3.63. The van der Waals surface area contributed by atoms with E-state index in [1.165, 1.54) is 6.07 Å². The Labute approximate surface area is 170 Å². The monoisotopic (exact) mass is 394 g/mol. The van der Waals surface area contributed by atoms with Crippen LogP contribution in [0.25, 0.3) is 0 Å². The van der Waals surface area contributed by atoms with Crippen molar-refractivity contribution in [2.45, 2.75) is 38.6 Å². The molecular weight excluding hydrogens is 368 g/mol. The zero-order valence-corrected chi connectivity index (χ0v) is 16.6. The van der Waals surface area contributed by atoms with Crippen molar-refractivity contribution in [3.8, 4) is 0 Å². The minimum absolute atomic E-state index is 0.0190. The van der Waals surface area contributed by atoms with Gasteiger partial charge in [0, 0.05) is 31.1 Å². The van der Waals surface area contributed by atoms with E-state index in [0.29, 0.717) is 37.9 Å². The maximum Gasteiger partial charge on any atom is 0.335 e. The number of carboxylic acids is 1. The van der Waals surface area contributed by atoms with E-state index < -0.39 is 5.97 Å². The molecule has 1 aliphatic rings. The summed E-state index contributed by atoms with van der Waals surface area (Å²) >= 11 is 0. The third-order valence-electron chi connectivity index (χ3n) is 5.24. The van der Waals surface area contributed by atoms with Crippen LogP contribution in [0.5, 0.6) is 0 Å². The minimum Gasteiger partial charge on any atom is -0.478 e. The summed E-state index contributed by atoms with van der Waals surface area (Å²) in [5.74, 6) is -1.18. The molecule has 6 heteroatoms. The van der Waals surface area contributed by atoms with Crippen LogP contribution in [0, 0.1) is 6.92 Å². The Morgan fingerprint density at radius 1 is 1.03 bits per heavy atom. The van der Waals surface area contributed by atoms with Crippen molar-refractivity contribution in [2.75, 3.05) is 13.1 Å². The second-order valence-electron chi connectivity index (χ2n) is 7.51. The predicted molar refractivity (Wildman–Crippen MR) is 110 cm³/mol. The van der Waals surface area contributed by atoms with Gasteiger partial charge in [0.05, 0.1) is 5.56 Å². The SMILES string of the molecule is Cc1cc(C(=O)O)cc(C(=O)NC2CCN(C(=O)CCc3ccccc3)CC2)c1. The molecule has 2 amide bonds. The van der Waals surface area contributed by atoms with E-state index in [1.54, 1.807) is 19.1 Å². The standard InChI is InChI=1S/C23H26N2O4/c1-16-13-18(15-19(14-16)23(28)29)22(27)24-20-9-11-25(12-10-20)21(26)8-7-17-5-3-2-4-6-17/h2-6,13-15,20H,7-12H2,1H3,(H,24,27)(H,28,29). The molecule has 6 nitrogen and oxygen atoms in total. The molecule has 152 valence electrons. The number of likely N-dealkylation sites (tertiary alicyclic amines) is 1. The summed E-state index contributed by atoms with van der Waals surface area (Å²) in [4.78, 5) is 38.0. The first-order valence-corrected chi connectivity index (χ1v) is 9.90. The number of hydrogen-bond acceptors (Lipinski definition) is 3. The van der Waals surface area contributed by atoms with Gasteiger partial charge in [-0.15, -0.1) is 0 Å². The Balaban J connectivity index is 1.49. The topological polar surface area (TPSA) is 86.7 Å². The number of rotatable bonds is 6. The first kappa shape index (κ1) is 20.6. The highest BCUT2D eigenvalue weighted by molar-refractivity contribution is 5.98. The second kappa shape index (κ2) is 9.37. The molecule has 0 aliphatic carbocycles. The number of carboxylic acid groups (broad SMARTS) is 1.